The summed E-state index contributed by atoms with van der Waals surface area (Å²) < 4.78 is 0. The van der Waals surface area contributed by atoms with E-state index in [1.54, 1.807) is 0 Å². The maximum absolute atomic E-state index is 9.46. The van der Waals surface area contributed by atoms with E-state index in [1.807, 2.05) is 0 Å². The van der Waals surface area contributed by atoms with Crippen molar-refractivity contribution in [3.63, 3.8) is 0 Å². The number of aliphatic hydroxyl groups excluding tert-OH is 1. The summed E-state index contributed by atoms with van der Waals surface area (Å²) in [4.78, 5) is 0. The second kappa shape index (κ2) is 2.75. The van der Waals surface area contributed by atoms with E-state index in [2.05, 4.69) is 34.6 Å². The van der Waals surface area contributed by atoms with Crippen LogP contribution in [0.1, 0.15) is 41.0 Å². The minimum Gasteiger partial charge on any atom is -0.396 e. The Hall–Kier alpha value is -0.0400. The lowest BCUT2D eigenvalue weighted by Crippen LogP contribution is -2.46. The van der Waals surface area contributed by atoms with E-state index in [4.69, 9.17) is 0 Å². The maximum atomic E-state index is 9.46. The van der Waals surface area contributed by atoms with Crippen LogP contribution in [0.25, 0.3) is 0 Å². The fourth-order valence-corrected chi connectivity index (χ4v) is 4.36. The van der Waals surface area contributed by atoms with Gasteiger partial charge in [-0.3, -0.25) is 0 Å². The second-order valence-electron chi connectivity index (χ2n) is 6.60. The van der Waals surface area contributed by atoms with E-state index in [0.29, 0.717) is 29.3 Å². The van der Waals surface area contributed by atoms with Crippen LogP contribution in [-0.4, -0.2) is 11.7 Å². The Balaban J connectivity index is 2.36. The van der Waals surface area contributed by atoms with Crippen molar-refractivity contribution in [1.29, 1.82) is 0 Å². The summed E-state index contributed by atoms with van der Waals surface area (Å²) in [6, 6.07) is 0. The Kier molecular flexibility index (Phi) is 2.06. The predicted octanol–water partition coefficient (Wildman–Crippen LogP) is 2.93. The monoisotopic (exact) mass is 196 g/mol. The minimum atomic E-state index is 0.391. The SMILES string of the molecule is CC1C(CO)C2CC1C(C)(C)C2(C)C. The quantitative estimate of drug-likeness (QED) is 0.683. The molecule has 1 N–H and O–H groups in total. The molecule has 14 heavy (non-hydrogen) atoms. The molecular weight excluding hydrogens is 172 g/mol. The third kappa shape index (κ3) is 0.946. The predicted molar refractivity (Wildman–Crippen MR) is 58.9 cm³/mol. The first-order valence-corrected chi connectivity index (χ1v) is 5.95. The van der Waals surface area contributed by atoms with Crippen LogP contribution < -0.4 is 0 Å². The zero-order chi connectivity index (χ0) is 10.7. The van der Waals surface area contributed by atoms with Crippen LogP contribution in [0.5, 0.6) is 0 Å². The molecule has 2 rings (SSSR count). The van der Waals surface area contributed by atoms with E-state index in [-0.39, 0.29) is 0 Å². The Morgan fingerprint density at radius 1 is 1.07 bits per heavy atom. The van der Waals surface area contributed by atoms with E-state index in [9.17, 15) is 5.11 Å². The van der Waals surface area contributed by atoms with Gasteiger partial charge >= 0.3 is 0 Å². The van der Waals surface area contributed by atoms with Crippen molar-refractivity contribution >= 4 is 0 Å². The van der Waals surface area contributed by atoms with Gasteiger partial charge in [0.1, 0.15) is 0 Å². The number of hydrogen-bond donors (Lipinski definition) is 1. The number of aliphatic hydroxyl groups is 1. The zero-order valence-corrected chi connectivity index (χ0v) is 10.2. The van der Waals surface area contributed by atoms with Crippen LogP contribution in [0.4, 0.5) is 0 Å². The molecular formula is C13H24O. The zero-order valence-electron chi connectivity index (χ0n) is 10.2. The second-order valence-corrected chi connectivity index (χ2v) is 6.60. The molecule has 0 aromatic heterocycles. The molecule has 0 aromatic carbocycles. The largest absolute Gasteiger partial charge is 0.396 e. The van der Waals surface area contributed by atoms with E-state index in [0.717, 1.165) is 11.8 Å². The average Bonchev–Trinajstić information content (AvgIpc) is 2.49. The van der Waals surface area contributed by atoms with E-state index in [1.165, 1.54) is 6.42 Å². The molecule has 2 aliphatic carbocycles. The van der Waals surface area contributed by atoms with E-state index < -0.39 is 0 Å². The Morgan fingerprint density at radius 3 is 2.00 bits per heavy atom. The summed E-state index contributed by atoms with van der Waals surface area (Å²) in [6.07, 6.45) is 1.34. The molecule has 0 heterocycles. The lowest BCUT2D eigenvalue weighted by atomic mass is 9.54. The van der Waals surface area contributed by atoms with Gasteiger partial charge in [0.2, 0.25) is 0 Å². The third-order valence-corrected chi connectivity index (χ3v) is 6.06. The Labute approximate surface area is 87.9 Å². The molecule has 1 nitrogen and oxygen atoms in total. The van der Waals surface area contributed by atoms with Crippen LogP contribution >= 0.6 is 0 Å². The van der Waals surface area contributed by atoms with Gasteiger partial charge < -0.3 is 5.11 Å². The first-order chi connectivity index (χ1) is 6.34. The van der Waals surface area contributed by atoms with Gasteiger partial charge in [0, 0.05) is 6.61 Å². The van der Waals surface area contributed by atoms with Crippen molar-refractivity contribution in [1.82, 2.24) is 0 Å². The highest BCUT2D eigenvalue weighted by Gasteiger charge is 2.63. The molecule has 0 spiro atoms. The van der Waals surface area contributed by atoms with Gasteiger partial charge in [-0.1, -0.05) is 34.6 Å². The summed E-state index contributed by atoms with van der Waals surface area (Å²) in [5.41, 5.74) is 0.848. The van der Waals surface area contributed by atoms with Crippen LogP contribution in [0.3, 0.4) is 0 Å². The molecule has 2 bridgehead atoms. The van der Waals surface area contributed by atoms with Crippen molar-refractivity contribution in [2.45, 2.75) is 41.0 Å². The van der Waals surface area contributed by atoms with Crippen molar-refractivity contribution in [3.8, 4) is 0 Å². The van der Waals surface area contributed by atoms with Crippen molar-refractivity contribution in [3.05, 3.63) is 0 Å². The topological polar surface area (TPSA) is 20.2 Å². The lowest BCUT2D eigenvalue weighted by molar-refractivity contribution is -0.0422. The number of rotatable bonds is 1. The van der Waals surface area contributed by atoms with Crippen molar-refractivity contribution in [2.24, 2.45) is 34.5 Å². The molecule has 82 valence electrons. The molecule has 0 aromatic rings. The molecule has 0 aliphatic heterocycles. The van der Waals surface area contributed by atoms with Gasteiger partial charge in [-0.05, 0) is 40.9 Å². The van der Waals surface area contributed by atoms with Gasteiger partial charge in [-0.25, -0.2) is 0 Å². The highest BCUT2D eigenvalue weighted by molar-refractivity contribution is 5.11. The van der Waals surface area contributed by atoms with Gasteiger partial charge in [0.15, 0.2) is 0 Å². The summed E-state index contributed by atoms with van der Waals surface area (Å²) in [6.45, 7) is 12.4. The average molecular weight is 196 g/mol. The summed E-state index contributed by atoms with van der Waals surface area (Å²) in [5, 5.41) is 9.46. The van der Waals surface area contributed by atoms with Crippen LogP contribution in [-0.2, 0) is 0 Å². The molecule has 4 unspecified atom stereocenters. The van der Waals surface area contributed by atoms with Gasteiger partial charge in [0.05, 0.1) is 0 Å². The normalized spacial score (nSPS) is 48.4. The van der Waals surface area contributed by atoms with Gasteiger partial charge in [-0.2, -0.15) is 0 Å². The molecule has 2 aliphatic rings. The van der Waals surface area contributed by atoms with Crippen LogP contribution in [0.15, 0.2) is 0 Å². The fourth-order valence-electron chi connectivity index (χ4n) is 4.36. The fraction of sp³-hybridized carbons (Fsp3) is 1.00. The summed E-state index contributed by atoms with van der Waals surface area (Å²) >= 11 is 0. The molecule has 2 fully saturated rings. The highest BCUT2D eigenvalue weighted by Crippen LogP contribution is 2.69. The van der Waals surface area contributed by atoms with Crippen molar-refractivity contribution in [2.75, 3.05) is 6.61 Å². The molecule has 0 saturated heterocycles. The molecule has 0 amide bonds. The summed E-state index contributed by atoms with van der Waals surface area (Å²) in [5.74, 6) is 2.83. The molecule has 0 radical (unpaired) electrons. The first kappa shape index (κ1) is 10.5. The first-order valence-electron chi connectivity index (χ1n) is 5.95. The van der Waals surface area contributed by atoms with Crippen molar-refractivity contribution < 1.29 is 5.11 Å². The summed E-state index contributed by atoms with van der Waals surface area (Å²) in [7, 11) is 0. The molecule has 4 atom stereocenters. The maximum Gasteiger partial charge on any atom is 0.0464 e. The smallest absolute Gasteiger partial charge is 0.0464 e. The highest BCUT2D eigenvalue weighted by atomic mass is 16.3. The lowest BCUT2D eigenvalue weighted by Gasteiger charge is -2.50. The Morgan fingerprint density at radius 2 is 1.57 bits per heavy atom. The van der Waals surface area contributed by atoms with Crippen LogP contribution in [0.2, 0.25) is 0 Å². The number of fused-ring (bicyclic) bond motifs is 2. The number of hydrogen-bond acceptors (Lipinski definition) is 1. The Bertz CT molecular complexity index is 242. The van der Waals surface area contributed by atoms with Gasteiger partial charge in [0.25, 0.3) is 0 Å². The standard InChI is InChI=1S/C13H24O/c1-8-9(7-14)11-6-10(8)12(2,3)13(11,4)5/h8-11,14H,6-7H2,1-5H3. The third-order valence-electron chi connectivity index (χ3n) is 6.06. The van der Waals surface area contributed by atoms with E-state index >= 15 is 0 Å². The molecule has 1 heteroatoms. The van der Waals surface area contributed by atoms with Crippen LogP contribution in [0, 0.1) is 34.5 Å². The van der Waals surface area contributed by atoms with Gasteiger partial charge in [-0.15, -0.1) is 0 Å². The minimum absolute atomic E-state index is 0.391. The molecule has 2 saturated carbocycles.